The van der Waals surface area contributed by atoms with Crippen molar-refractivity contribution in [3.63, 3.8) is 0 Å². The molecular formula is C29H48N2OS. The maximum Gasteiger partial charge on any atom is 0.317 e. The standard InChI is InChI=1S/C29H48N2OS/c1-29(2,3)33-27-19-17-25(18-20-27)21-23-31(28(32)30-26-15-8-5-9-16-26)22-11-10-14-24-12-6-4-7-13-24/h17-20,24,26H,4-16,21-23H2,1-3H3,(H,30,32). The van der Waals surface area contributed by atoms with Gasteiger partial charge in [-0.15, -0.1) is 11.8 Å². The predicted molar refractivity (Wildman–Crippen MR) is 143 cm³/mol. The topological polar surface area (TPSA) is 32.3 Å². The number of nitrogens with one attached hydrogen (secondary N) is 1. The first-order chi connectivity index (χ1) is 15.9. The zero-order valence-corrected chi connectivity index (χ0v) is 22.4. The van der Waals surface area contributed by atoms with Gasteiger partial charge in [0.25, 0.3) is 0 Å². The van der Waals surface area contributed by atoms with Gasteiger partial charge in [0, 0.05) is 28.8 Å². The number of hydrogen-bond acceptors (Lipinski definition) is 2. The molecule has 1 aromatic rings. The second kappa shape index (κ2) is 13.7. The molecule has 33 heavy (non-hydrogen) atoms. The number of hydrogen-bond donors (Lipinski definition) is 1. The molecule has 0 radical (unpaired) electrons. The molecule has 3 rings (SSSR count). The highest BCUT2D eigenvalue weighted by Gasteiger charge is 2.20. The Hall–Kier alpha value is -1.16. The maximum absolute atomic E-state index is 13.2. The van der Waals surface area contributed by atoms with E-state index in [1.54, 1.807) is 0 Å². The third-order valence-electron chi connectivity index (χ3n) is 7.25. The minimum Gasteiger partial charge on any atom is -0.335 e. The lowest BCUT2D eigenvalue weighted by molar-refractivity contribution is 0.188. The van der Waals surface area contributed by atoms with Gasteiger partial charge < -0.3 is 10.2 Å². The van der Waals surface area contributed by atoms with Crippen LogP contribution in [0.15, 0.2) is 29.2 Å². The summed E-state index contributed by atoms with van der Waals surface area (Å²) in [6.07, 6.45) is 17.9. The second-order valence-corrected chi connectivity index (χ2v) is 13.3. The average Bonchev–Trinajstić information content (AvgIpc) is 2.80. The van der Waals surface area contributed by atoms with Gasteiger partial charge in [0.1, 0.15) is 0 Å². The number of benzene rings is 1. The van der Waals surface area contributed by atoms with Crippen LogP contribution in [0.4, 0.5) is 4.79 Å². The quantitative estimate of drug-likeness (QED) is 0.275. The molecule has 4 heteroatoms. The molecule has 2 amide bonds. The minimum absolute atomic E-state index is 0.166. The van der Waals surface area contributed by atoms with Crippen molar-refractivity contribution in [1.29, 1.82) is 0 Å². The summed E-state index contributed by atoms with van der Waals surface area (Å²) in [5.74, 6) is 0.938. The van der Waals surface area contributed by atoms with Crippen LogP contribution in [-0.2, 0) is 6.42 Å². The molecule has 0 aliphatic heterocycles. The molecule has 2 fully saturated rings. The largest absolute Gasteiger partial charge is 0.335 e. The van der Waals surface area contributed by atoms with E-state index in [1.807, 2.05) is 11.8 Å². The van der Waals surface area contributed by atoms with E-state index in [9.17, 15) is 4.79 Å². The van der Waals surface area contributed by atoms with E-state index in [0.29, 0.717) is 6.04 Å². The Morgan fingerprint density at radius 1 is 0.909 bits per heavy atom. The first-order valence-corrected chi connectivity index (χ1v) is 14.5. The number of unbranched alkanes of at least 4 members (excludes halogenated alkanes) is 1. The van der Waals surface area contributed by atoms with Crippen molar-refractivity contribution in [2.45, 2.75) is 126 Å². The van der Waals surface area contributed by atoms with Gasteiger partial charge in [0.15, 0.2) is 0 Å². The molecule has 2 aliphatic rings. The van der Waals surface area contributed by atoms with Gasteiger partial charge in [-0.05, 0) is 49.3 Å². The first kappa shape index (κ1) is 26.4. The van der Waals surface area contributed by atoms with E-state index in [0.717, 1.165) is 44.7 Å². The van der Waals surface area contributed by atoms with Gasteiger partial charge in [-0.25, -0.2) is 4.79 Å². The van der Waals surface area contributed by atoms with Gasteiger partial charge in [-0.2, -0.15) is 0 Å². The molecule has 3 nitrogen and oxygen atoms in total. The smallest absolute Gasteiger partial charge is 0.317 e. The number of rotatable bonds is 10. The fourth-order valence-corrected chi connectivity index (χ4v) is 6.36. The molecule has 1 N–H and O–H groups in total. The molecule has 2 aliphatic carbocycles. The molecule has 0 bridgehead atoms. The number of carbonyl (C=O) groups excluding carboxylic acids is 1. The normalized spacial score (nSPS) is 18.3. The van der Waals surface area contributed by atoms with Crippen molar-refractivity contribution in [2.24, 2.45) is 5.92 Å². The van der Waals surface area contributed by atoms with Crippen molar-refractivity contribution >= 4 is 17.8 Å². The van der Waals surface area contributed by atoms with Crippen LogP contribution < -0.4 is 5.32 Å². The molecule has 2 saturated carbocycles. The fourth-order valence-electron chi connectivity index (χ4n) is 5.38. The number of urea groups is 1. The minimum atomic E-state index is 0.166. The summed E-state index contributed by atoms with van der Waals surface area (Å²) in [5, 5.41) is 3.36. The van der Waals surface area contributed by atoms with Gasteiger partial charge in [-0.3, -0.25) is 0 Å². The number of nitrogens with zero attached hydrogens (tertiary/aromatic N) is 1. The molecular weight excluding hydrogens is 424 g/mol. The van der Waals surface area contributed by atoms with Crippen LogP contribution in [0.1, 0.15) is 110 Å². The van der Waals surface area contributed by atoms with E-state index in [-0.39, 0.29) is 10.8 Å². The Morgan fingerprint density at radius 2 is 1.55 bits per heavy atom. The number of amides is 2. The van der Waals surface area contributed by atoms with Crippen molar-refractivity contribution in [1.82, 2.24) is 10.2 Å². The number of thioether (sulfide) groups is 1. The molecule has 1 aromatic carbocycles. The summed E-state index contributed by atoms with van der Waals surface area (Å²) in [4.78, 5) is 16.6. The SMILES string of the molecule is CC(C)(C)Sc1ccc(CCN(CCCCC2CCCCC2)C(=O)NC2CCCCC2)cc1. The highest BCUT2D eigenvalue weighted by atomic mass is 32.2. The van der Waals surface area contributed by atoms with E-state index >= 15 is 0 Å². The predicted octanol–water partition coefficient (Wildman–Crippen LogP) is 8.21. The van der Waals surface area contributed by atoms with Crippen LogP contribution in [0.5, 0.6) is 0 Å². The Balaban J connectivity index is 1.49. The zero-order valence-electron chi connectivity index (χ0n) is 21.5. The van der Waals surface area contributed by atoms with Gasteiger partial charge >= 0.3 is 6.03 Å². The molecule has 0 aromatic heterocycles. The first-order valence-electron chi connectivity index (χ1n) is 13.7. The summed E-state index contributed by atoms with van der Waals surface area (Å²) in [6, 6.07) is 9.51. The monoisotopic (exact) mass is 472 g/mol. The lowest BCUT2D eigenvalue weighted by atomic mass is 9.86. The van der Waals surface area contributed by atoms with Crippen LogP contribution in [0, 0.1) is 5.92 Å². The van der Waals surface area contributed by atoms with E-state index < -0.39 is 0 Å². The van der Waals surface area contributed by atoms with Crippen LogP contribution in [0.25, 0.3) is 0 Å². The Kier molecular flexibility index (Phi) is 10.9. The molecule has 0 spiro atoms. The second-order valence-electron chi connectivity index (χ2n) is 11.4. The maximum atomic E-state index is 13.2. The highest BCUT2D eigenvalue weighted by molar-refractivity contribution is 8.00. The van der Waals surface area contributed by atoms with Crippen LogP contribution in [-0.4, -0.2) is 34.8 Å². The molecule has 0 heterocycles. The lowest BCUT2D eigenvalue weighted by Crippen LogP contribution is -2.46. The highest BCUT2D eigenvalue weighted by Crippen LogP contribution is 2.32. The van der Waals surface area contributed by atoms with Crippen molar-refractivity contribution in [2.75, 3.05) is 13.1 Å². The van der Waals surface area contributed by atoms with Crippen LogP contribution in [0.3, 0.4) is 0 Å². The number of carbonyl (C=O) groups is 1. The third-order valence-corrected chi connectivity index (χ3v) is 8.37. The van der Waals surface area contributed by atoms with E-state index in [2.05, 4.69) is 55.3 Å². The molecule has 0 atom stereocenters. The fraction of sp³-hybridized carbons (Fsp3) is 0.759. The Labute approximate surface area is 207 Å². The third kappa shape index (κ3) is 10.3. The van der Waals surface area contributed by atoms with Crippen molar-refractivity contribution < 1.29 is 4.79 Å². The van der Waals surface area contributed by atoms with Crippen molar-refractivity contribution in [3.8, 4) is 0 Å². The Bertz CT molecular complexity index is 685. The summed E-state index contributed by atoms with van der Waals surface area (Å²) in [7, 11) is 0. The zero-order chi connectivity index (χ0) is 23.5. The summed E-state index contributed by atoms with van der Waals surface area (Å²) in [5.41, 5.74) is 1.32. The Morgan fingerprint density at radius 3 is 2.18 bits per heavy atom. The summed E-state index contributed by atoms with van der Waals surface area (Å²) < 4.78 is 0.229. The van der Waals surface area contributed by atoms with Crippen molar-refractivity contribution in [3.05, 3.63) is 29.8 Å². The summed E-state index contributed by atoms with van der Waals surface area (Å²) in [6.45, 7) is 8.46. The van der Waals surface area contributed by atoms with Gasteiger partial charge in [0.2, 0.25) is 0 Å². The molecule has 0 unspecified atom stereocenters. The van der Waals surface area contributed by atoms with E-state index in [1.165, 1.54) is 74.7 Å². The average molecular weight is 473 g/mol. The van der Waals surface area contributed by atoms with E-state index in [4.69, 9.17) is 0 Å². The lowest BCUT2D eigenvalue weighted by Gasteiger charge is -2.29. The molecule has 0 saturated heterocycles. The summed E-state index contributed by atoms with van der Waals surface area (Å²) >= 11 is 1.91. The van der Waals surface area contributed by atoms with Crippen LogP contribution >= 0.6 is 11.8 Å². The van der Waals surface area contributed by atoms with Crippen LogP contribution in [0.2, 0.25) is 0 Å². The van der Waals surface area contributed by atoms with Gasteiger partial charge in [-0.1, -0.05) is 97.1 Å². The molecule has 186 valence electrons. The van der Waals surface area contributed by atoms with Gasteiger partial charge in [0.05, 0.1) is 0 Å².